The number of hydrogen-bond donors (Lipinski definition) is 1. The highest BCUT2D eigenvalue weighted by Gasteiger charge is 2.32. The predicted octanol–water partition coefficient (Wildman–Crippen LogP) is 2.63. The third-order valence-corrected chi connectivity index (χ3v) is 3.73. The topological polar surface area (TPSA) is 26.7 Å². The first-order chi connectivity index (χ1) is 9.35. The van der Waals surface area contributed by atoms with Gasteiger partial charge in [-0.2, -0.15) is 13.2 Å². The van der Waals surface area contributed by atoms with Crippen LogP contribution >= 0.6 is 0 Å². The molecule has 0 amide bonds. The average Bonchev–Trinajstić information content (AvgIpc) is 2.38. The monoisotopic (exact) mass is 288 g/mol. The van der Waals surface area contributed by atoms with E-state index in [4.69, 9.17) is 0 Å². The van der Waals surface area contributed by atoms with E-state index in [9.17, 15) is 18.3 Å². The second-order valence-electron chi connectivity index (χ2n) is 5.19. The zero-order valence-corrected chi connectivity index (χ0v) is 11.4. The van der Waals surface area contributed by atoms with Crippen LogP contribution in [0.15, 0.2) is 24.3 Å². The smallest absolute Gasteiger partial charge is 0.401 e. The van der Waals surface area contributed by atoms with E-state index in [1.54, 1.807) is 12.1 Å². The maximum atomic E-state index is 12.3. The van der Waals surface area contributed by atoms with Gasteiger partial charge in [0.15, 0.2) is 0 Å². The highest BCUT2D eigenvalue weighted by atomic mass is 19.4. The summed E-state index contributed by atoms with van der Waals surface area (Å²) in [4.78, 5) is 3.61. The number of piperazine rings is 1. The fraction of sp³-hybridized carbons (Fsp3) is 0.571. The summed E-state index contributed by atoms with van der Waals surface area (Å²) >= 11 is 0. The molecule has 112 valence electrons. The maximum absolute atomic E-state index is 12.3. The number of phenols is 1. The molecule has 0 radical (unpaired) electrons. The Hall–Kier alpha value is -1.27. The Morgan fingerprint density at radius 3 is 2.15 bits per heavy atom. The fourth-order valence-electron chi connectivity index (χ4n) is 2.53. The van der Waals surface area contributed by atoms with Crippen LogP contribution in [0.3, 0.4) is 0 Å². The molecule has 1 atom stereocenters. The van der Waals surface area contributed by atoms with Gasteiger partial charge in [0.2, 0.25) is 0 Å². The molecular formula is C14H19F3N2O. The van der Waals surface area contributed by atoms with Crippen LogP contribution in [0.2, 0.25) is 0 Å². The second kappa shape index (κ2) is 6.01. The first-order valence-corrected chi connectivity index (χ1v) is 6.67. The highest BCUT2D eigenvalue weighted by molar-refractivity contribution is 5.27. The van der Waals surface area contributed by atoms with E-state index in [1.807, 2.05) is 19.1 Å². The SMILES string of the molecule is CC(c1ccc(O)cc1)N1CCN(CC(F)(F)F)CC1. The molecule has 1 aliphatic rings. The first-order valence-electron chi connectivity index (χ1n) is 6.67. The number of nitrogens with zero attached hydrogens (tertiary/aromatic N) is 2. The van der Waals surface area contributed by atoms with Crippen molar-refractivity contribution in [3.05, 3.63) is 29.8 Å². The Morgan fingerprint density at radius 1 is 1.10 bits per heavy atom. The van der Waals surface area contributed by atoms with Gasteiger partial charge in [-0.3, -0.25) is 9.80 Å². The number of halogens is 3. The standard InChI is InChI=1S/C14H19F3N2O/c1-11(12-2-4-13(20)5-3-12)19-8-6-18(7-9-19)10-14(15,16)17/h2-5,11,20H,6-10H2,1H3. The lowest BCUT2D eigenvalue weighted by molar-refractivity contribution is -0.149. The van der Waals surface area contributed by atoms with Crippen molar-refractivity contribution in [2.24, 2.45) is 0 Å². The van der Waals surface area contributed by atoms with E-state index in [2.05, 4.69) is 4.90 Å². The number of phenolic OH excluding ortho intramolecular Hbond substituents is 1. The van der Waals surface area contributed by atoms with Crippen LogP contribution in [0.1, 0.15) is 18.5 Å². The number of benzene rings is 1. The first kappa shape index (κ1) is 15.1. The van der Waals surface area contributed by atoms with E-state index in [0.29, 0.717) is 26.2 Å². The van der Waals surface area contributed by atoms with Crippen molar-refractivity contribution in [3.8, 4) is 5.75 Å². The molecular weight excluding hydrogens is 269 g/mol. The number of hydrogen-bond acceptors (Lipinski definition) is 3. The van der Waals surface area contributed by atoms with E-state index in [-0.39, 0.29) is 11.8 Å². The summed E-state index contributed by atoms with van der Waals surface area (Å²) < 4.78 is 37.0. The Kier molecular flexibility index (Phi) is 4.55. The fourth-order valence-corrected chi connectivity index (χ4v) is 2.53. The van der Waals surface area contributed by atoms with Crippen molar-refractivity contribution >= 4 is 0 Å². The third-order valence-electron chi connectivity index (χ3n) is 3.73. The number of alkyl halides is 3. The van der Waals surface area contributed by atoms with Gasteiger partial charge in [0.05, 0.1) is 6.54 Å². The van der Waals surface area contributed by atoms with Crippen LogP contribution in [-0.2, 0) is 0 Å². The molecule has 1 aromatic carbocycles. The highest BCUT2D eigenvalue weighted by Crippen LogP contribution is 2.24. The van der Waals surface area contributed by atoms with Gasteiger partial charge in [-0.25, -0.2) is 0 Å². The largest absolute Gasteiger partial charge is 0.508 e. The Morgan fingerprint density at radius 2 is 1.65 bits per heavy atom. The molecule has 0 aliphatic carbocycles. The molecule has 1 heterocycles. The van der Waals surface area contributed by atoms with Crippen molar-refractivity contribution < 1.29 is 18.3 Å². The normalized spacial score (nSPS) is 20.0. The van der Waals surface area contributed by atoms with Gasteiger partial charge in [-0.1, -0.05) is 12.1 Å². The molecule has 0 bridgehead atoms. The van der Waals surface area contributed by atoms with Crippen LogP contribution in [-0.4, -0.2) is 53.8 Å². The number of aromatic hydroxyl groups is 1. The summed E-state index contributed by atoms with van der Waals surface area (Å²) in [5.41, 5.74) is 1.06. The molecule has 3 nitrogen and oxygen atoms in total. The second-order valence-corrected chi connectivity index (χ2v) is 5.19. The van der Waals surface area contributed by atoms with Crippen LogP contribution in [0, 0.1) is 0 Å². The van der Waals surface area contributed by atoms with Crippen LogP contribution < -0.4 is 0 Å². The van der Waals surface area contributed by atoms with Gasteiger partial charge >= 0.3 is 6.18 Å². The minimum absolute atomic E-state index is 0.142. The van der Waals surface area contributed by atoms with Crippen molar-refractivity contribution in [1.82, 2.24) is 9.80 Å². The van der Waals surface area contributed by atoms with Gasteiger partial charge in [0, 0.05) is 32.2 Å². The quantitative estimate of drug-likeness (QED) is 0.926. The van der Waals surface area contributed by atoms with Crippen molar-refractivity contribution in [3.63, 3.8) is 0 Å². The average molecular weight is 288 g/mol. The zero-order valence-electron chi connectivity index (χ0n) is 11.4. The van der Waals surface area contributed by atoms with Gasteiger partial charge < -0.3 is 5.11 Å². The Labute approximate surface area is 116 Å². The molecule has 0 saturated carbocycles. The van der Waals surface area contributed by atoms with E-state index >= 15 is 0 Å². The van der Waals surface area contributed by atoms with E-state index in [1.165, 1.54) is 4.90 Å². The molecule has 2 rings (SSSR count). The number of rotatable bonds is 3. The van der Waals surface area contributed by atoms with Gasteiger partial charge in [-0.15, -0.1) is 0 Å². The molecule has 1 fully saturated rings. The Balaban J connectivity index is 1.88. The molecule has 1 aromatic rings. The van der Waals surface area contributed by atoms with Crippen molar-refractivity contribution in [1.29, 1.82) is 0 Å². The minimum atomic E-state index is -4.12. The Bertz CT molecular complexity index is 425. The van der Waals surface area contributed by atoms with Crippen LogP contribution in [0.5, 0.6) is 5.75 Å². The van der Waals surface area contributed by atoms with Crippen molar-refractivity contribution in [2.45, 2.75) is 19.1 Å². The van der Waals surface area contributed by atoms with Gasteiger partial charge in [-0.05, 0) is 24.6 Å². The maximum Gasteiger partial charge on any atom is 0.401 e. The van der Waals surface area contributed by atoms with Crippen LogP contribution in [0.25, 0.3) is 0 Å². The summed E-state index contributed by atoms with van der Waals surface area (Å²) in [6.07, 6.45) is -4.12. The summed E-state index contributed by atoms with van der Waals surface area (Å²) in [5.74, 6) is 0.218. The van der Waals surface area contributed by atoms with Crippen molar-refractivity contribution in [2.75, 3.05) is 32.7 Å². The summed E-state index contributed by atoms with van der Waals surface area (Å²) in [6.45, 7) is 3.32. The molecule has 0 spiro atoms. The predicted molar refractivity (Wildman–Crippen MR) is 70.6 cm³/mol. The van der Waals surface area contributed by atoms with Gasteiger partial charge in [0.25, 0.3) is 0 Å². The summed E-state index contributed by atoms with van der Waals surface area (Å²) in [5, 5.41) is 9.26. The zero-order chi connectivity index (χ0) is 14.8. The lowest BCUT2D eigenvalue weighted by atomic mass is 10.1. The molecule has 1 saturated heterocycles. The van der Waals surface area contributed by atoms with Crippen LogP contribution in [0.4, 0.5) is 13.2 Å². The molecule has 20 heavy (non-hydrogen) atoms. The molecule has 1 N–H and O–H groups in total. The summed E-state index contributed by atoms with van der Waals surface area (Å²) in [7, 11) is 0. The molecule has 1 aliphatic heterocycles. The molecule has 1 unspecified atom stereocenters. The lowest BCUT2D eigenvalue weighted by Crippen LogP contribution is -2.49. The van der Waals surface area contributed by atoms with E-state index in [0.717, 1.165) is 5.56 Å². The molecule has 0 aromatic heterocycles. The molecule has 6 heteroatoms. The van der Waals surface area contributed by atoms with E-state index < -0.39 is 12.7 Å². The van der Waals surface area contributed by atoms with Gasteiger partial charge in [0.1, 0.15) is 5.75 Å². The lowest BCUT2D eigenvalue weighted by Gasteiger charge is -2.38. The summed E-state index contributed by atoms with van der Waals surface area (Å²) in [6, 6.07) is 7.10. The third kappa shape index (κ3) is 4.11. The minimum Gasteiger partial charge on any atom is -0.508 e.